The maximum atomic E-state index is 12.3. The molecule has 2 aromatic carbocycles. The first-order chi connectivity index (χ1) is 14.9. The normalized spacial score (nSPS) is 16.8. The van der Waals surface area contributed by atoms with Gasteiger partial charge in [0.05, 0.1) is 24.3 Å². The Hall–Kier alpha value is -3.46. The molecule has 0 saturated carbocycles. The number of carboxylic acids is 1. The first-order valence-electron chi connectivity index (χ1n) is 9.49. The van der Waals surface area contributed by atoms with Gasteiger partial charge in [-0.15, -0.1) is 0 Å². The fourth-order valence-electron chi connectivity index (χ4n) is 2.64. The van der Waals surface area contributed by atoms with Gasteiger partial charge in [0.2, 0.25) is 0 Å². The number of rotatable bonds is 8. The molecular weight excluding hydrogens is 420 g/mol. The van der Waals surface area contributed by atoms with Gasteiger partial charge in [-0.2, -0.15) is 0 Å². The number of aliphatic imine (C=N–C) groups is 1. The number of amidine groups is 1. The zero-order valence-electron chi connectivity index (χ0n) is 17.2. The summed E-state index contributed by atoms with van der Waals surface area (Å²) in [6.45, 7) is 3.94. The molecule has 2 aromatic rings. The van der Waals surface area contributed by atoms with Gasteiger partial charge in [-0.1, -0.05) is 6.07 Å². The second-order valence-electron chi connectivity index (χ2n) is 6.42. The Labute approximate surface area is 183 Å². The molecule has 8 nitrogen and oxygen atoms in total. The summed E-state index contributed by atoms with van der Waals surface area (Å²) >= 11 is 1.22. The molecular formula is C22H22N2O6S. The Morgan fingerprint density at radius 3 is 2.61 bits per heavy atom. The fourth-order valence-corrected chi connectivity index (χ4v) is 3.49. The van der Waals surface area contributed by atoms with E-state index in [4.69, 9.17) is 19.3 Å². The number of carboxylic acid groups (broad SMARTS) is 1. The molecule has 162 valence electrons. The number of hydrogen-bond acceptors (Lipinski definition) is 7. The SMILES string of the molecule is CCOc1ccc(N=C2NC(=O)/C(=C\c3ccc(O[C@@H](C)C(=O)O)c(OC)c3)S2)cc1. The highest BCUT2D eigenvalue weighted by Crippen LogP contribution is 2.33. The van der Waals surface area contributed by atoms with Crippen molar-refractivity contribution in [3.8, 4) is 17.2 Å². The van der Waals surface area contributed by atoms with E-state index in [2.05, 4.69) is 10.3 Å². The third-order valence-corrected chi connectivity index (χ3v) is 5.08. The van der Waals surface area contributed by atoms with E-state index in [0.29, 0.717) is 39.4 Å². The van der Waals surface area contributed by atoms with E-state index in [1.54, 1.807) is 24.3 Å². The van der Waals surface area contributed by atoms with Crippen LogP contribution in [0.15, 0.2) is 52.4 Å². The van der Waals surface area contributed by atoms with Crippen LogP contribution in [0.25, 0.3) is 6.08 Å². The van der Waals surface area contributed by atoms with Crippen molar-refractivity contribution in [2.45, 2.75) is 20.0 Å². The Balaban J connectivity index is 1.76. The number of carbonyl (C=O) groups excluding carboxylic acids is 1. The number of hydrogen-bond donors (Lipinski definition) is 2. The predicted molar refractivity (Wildman–Crippen MR) is 119 cm³/mol. The van der Waals surface area contributed by atoms with Crippen LogP contribution in [0.1, 0.15) is 19.4 Å². The van der Waals surface area contributed by atoms with E-state index in [1.165, 1.54) is 25.8 Å². The average Bonchev–Trinajstić information content (AvgIpc) is 3.09. The third-order valence-electron chi connectivity index (χ3n) is 4.17. The van der Waals surface area contributed by atoms with E-state index < -0.39 is 12.1 Å². The molecule has 1 atom stereocenters. The number of carbonyl (C=O) groups is 2. The number of thioether (sulfide) groups is 1. The molecule has 1 aliphatic rings. The highest BCUT2D eigenvalue weighted by Gasteiger charge is 2.24. The lowest BCUT2D eigenvalue weighted by atomic mass is 10.2. The van der Waals surface area contributed by atoms with Crippen LogP contribution in [0.2, 0.25) is 0 Å². The van der Waals surface area contributed by atoms with Crippen molar-refractivity contribution in [2.24, 2.45) is 4.99 Å². The van der Waals surface area contributed by atoms with Crippen LogP contribution in [-0.4, -0.2) is 42.0 Å². The molecule has 2 N–H and O–H groups in total. The van der Waals surface area contributed by atoms with Gasteiger partial charge in [0.15, 0.2) is 22.8 Å². The molecule has 1 amide bonds. The Kier molecular flexibility index (Phi) is 7.19. The largest absolute Gasteiger partial charge is 0.494 e. The average molecular weight is 442 g/mol. The highest BCUT2D eigenvalue weighted by atomic mass is 32.2. The van der Waals surface area contributed by atoms with Crippen molar-refractivity contribution in [1.82, 2.24) is 5.32 Å². The number of nitrogens with one attached hydrogen (secondary N) is 1. The van der Waals surface area contributed by atoms with E-state index in [0.717, 1.165) is 5.75 Å². The van der Waals surface area contributed by atoms with Gasteiger partial charge in [0.1, 0.15) is 5.75 Å². The van der Waals surface area contributed by atoms with Gasteiger partial charge < -0.3 is 24.6 Å². The minimum Gasteiger partial charge on any atom is -0.494 e. The maximum Gasteiger partial charge on any atom is 0.344 e. The van der Waals surface area contributed by atoms with Gasteiger partial charge in [0.25, 0.3) is 5.91 Å². The Morgan fingerprint density at radius 2 is 1.97 bits per heavy atom. The van der Waals surface area contributed by atoms with E-state index in [1.807, 2.05) is 31.2 Å². The Bertz CT molecular complexity index is 1030. The third kappa shape index (κ3) is 5.79. The smallest absolute Gasteiger partial charge is 0.344 e. The van der Waals surface area contributed by atoms with Gasteiger partial charge in [-0.05, 0) is 73.6 Å². The summed E-state index contributed by atoms with van der Waals surface area (Å²) in [6, 6.07) is 12.3. The number of nitrogens with zero attached hydrogens (tertiary/aromatic N) is 1. The topological polar surface area (TPSA) is 106 Å². The van der Waals surface area contributed by atoms with Crippen LogP contribution in [0.5, 0.6) is 17.2 Å². The molecule has 31 heavy (non-hydrogen) atoms. The molecule has 0 spiro atoms. The van der Waals surface area contributed by atoms with E-state index in [9.17, 15) is 9.59 Å². The Morgan fingerprint density at radius 1 is 1.23 bits per heavy atom. The van der Waals surface area contributed by atoms with Crippen LogP contribution >= 0.6 is 11.8 Å². The zero-order chi connectivity index (χ0) is 22.4. The molecule has 0 bridgehead atoms. The summed E-state index contributed by atoms with van der Waals surface area (Å²) in [5.74, 6) is 0.101. The minimum atomic E-state index is -1.08. The van der Waals surface area contributed by atoms with Gasteiger partial charge in [-0.3, -0.25) is 4.79 Å². The lowest BCUT2D eigenvalue weighted by Crippen LogP contribution is -2.23. The second-order valence-corrected chi connectivity index (χ2v) is 7.45. The fraction of sp³-hybridized carbons (Fsp3) is 0.227. The van der Waals surface area contributed by atoms with Crippen molar-refractivity contribution in [2.75, 3.05) is 13.7 Å². The second kappa shape index (κ2) is 10.0. The summed E-state index contributed by atoms with van der Waals surface area (Å²) in [7, 11) is 1.46. The molecule has 0 unspecified atom stereocenters. The van der Waals surface area contributed by atoms with Crippen molar-refractivity contribution < 1.29 is 28.9 Å². The molecule has 3 rings (SSSR count). The molecule has 9 heteroatoms. The van der Waals surface area contributed by atoms with Gasteiger partial charge >= 0.3 is 5.97 Å². The van der Waals surface area contributed by atoms with Gasteiger partial charge in [0, 0.05) is 0 Å². The molecule has 1 fully saturated rings. The number of ether oxygens (including phenoxy) is 3. The number of methoxy groups -OCH3 is 1. The van der Waals surface area contributed by atoms with Crippen molar-refractivity contribution in [3.05, 3.63) is 52.9 Å². The van der Waals surface area contributed by atoms with Crippen LogP contribution in [0.4, 0.5) is 5.69 Å². The van der Waals surface area contributed by atoms with Crippen LogP contribution in [0, 0.1) is 0 Å². The first-order valence-corrected chi connectivity index (χ1v) is 10.3. The van der Waals surface area contributed by atoms with E-state index >= 15 is 0 Å². The molecule has 0 aliphatic carbocycles. The standard InChI is InChI=1S/C22H22N2O6S/c1-4-29-16-8-6-15(7-9-16)23-22-24-20(25)19(31-22)12-14-5-10-17(18(11-14)28-3)30-13(2)21(26)27/h5-13H,4H2,1-3H3,(H,26,27)(H,23,24,25)/b19-12+/t13-/m0/s1. The van der Waals surface area contributed by atoms with Crippen LogP contribution in [0.3, 0.4) is 0 Å². The summed E-state index contributed by atoms with van der Waals surface area (Å²) < 4.78 is 16.1. The molecule has 0 aromatic heterocycles. The summed E-state index contributed by atoms with van der Waals surface area (Å²) in [4.78, 5) is 28.3. The quantitative estimate of drug-likeness (QED) is 0.598. The molecule has 1 heterocycles. The molecule has 1 aliphatic heterocycles. The van der Waals surface area contributed by atoms with Crippen LogP contribution < -0.4 is 19.5 Å². The predicted octanol–water partition coefficient (Wildman–Crippen LogP) is 3.84. The number of amides is 1. The number of aliphatic carboxylic acids is 1. The highest BCUT2D eigenvalue weighted by molar-refractivity contribution is 8.18. The first kappa shape index (κ1) is 22.2. The molecule has 1 saturated heterocycles. The van der Waals surface area contributed by atoms with Crippen LogP contribution in [-0.2, 0) is 9.59 Å². The minimum absolute atomic E-state index is 0.256. The zero-order valence-corrected chi connectivity index (χ0v) is 18.1. The van der Waals surface area contributed by atoms with Crippen molar-refractivity contribution in [1.29, 1.82) is 0 Å². The van der Waals surface area contributed by atoms with Gasteiger partial charge in [-0.25, -0.2) is 9.79 Å². The monoisotopic (exact) mass is 442 g/mol. The number of benzene rings is 2. The lowest BCUT2D eigenvalue weighted by molar-refractivity contribution is -0.144. The van der Waals surface area contributed by atoms with Crippen molar-refractivity contribution >= 4 is 40.6 Å². The summed E-state index contributed by atoms with van der Waals surface area (Å²) in [6.07, 6.45) is 0.684. The van der Waals surface area contributed by atoms with E-state index in [-0.39, 0.29) is 5.91 Å². The molecule has 0 radical (unpaired) electrons. The lowest BCUT2D eigenvalue weighted by Gasteiger charge is -2.14. The maximum absolute atomic E-state index is 12.3. The van der Waals surface area contributed by atoms with Crippen molar-refractivity contribution in [3.63, 3.8) is 0 Å². The summed E-state index contributed by atoms with van der Waals surface area (Å²) in [5, 5.41) is 12.2. The summed E-state index contributed by atoms with van der Waals surface area (Å²) in [5.41, 5.74) is 1.40.